The summed E-state index contributed by atoms with van der Waals surface area (Å²) in [5.41, 5.74) is 0. The Bertz CT molecular complexity index is 373. The standard InChI is InChI=1S/C13H22O9S3/c14-4-20-10(17)1-7(23)13(8(24)2-11(18)21-5-15)9(25)3-12(19)22-6-16/h7-9,13-16,23-25H,1-6H2. The number of aliphatic hydroxyl groups excluding tert-OH is 3. The van der Waals surface area contributed by atoms with Gasteiger partial charge >= 0.3 is 17.9 Å². The molecule has 0 amide bonds. The molecular weight excluding hydrogens is 396 g/mol. The lowest BCUT2D eigenvalue weighted by Gasteiger charge is -2.31. The third kappa shape index (κ3) is 10.2. The predicted octanol–water partition coefficient (Wildman–Crippen LogP) is -0.853. The molecule has 3 atom stereocenters. The van der Waals surface area contributed by atoms with Gasteiger partial charge in [-0.1, -0.05) is 0 Å². The Hall–Kier alpha value is -0.660. The largest absolute Gasteiger partial charge is 0.439 e. The highest BCUT2D eigenvalue weighted by atomic mass is 32.1. The van der Waals surface area contributed by atoms with Gasteiger partial charge in [0.15, 0.2) is 20.4 Å². The predicted molar refractivity (Wildman–Crippen MR) is 95.2 cm³/mol. The van der Waals surface area contributed by atoms with Crippen molar-refractivity contribution in [2.75, 3.05) is 20.4 Å². The van der Waals surface area contributed by atoms with E-state index in [1.165, 1.54) is 0 Å². The second-order valence-electron chi connectivity index (χ2n) is 4.83. The molecule has 3 N–H and O–H groups in total. The van der Waals surface area contributed by atoms with E-state index >= 15 is 0 Å². The molecule has 0 rings (SSSR count). The summed E-state index contributed by atoms with van der Waals surface area (Å²) < 4.78 is 13.3. The molecule has 0 radical (unpaired) electrons. The Morgan fingerprint density at radius 3 is 1.08 bits per heavy atom. The van der Waals surface area contributed by atoms with Crippen molar-refractivity contribution in [1.82, 2.24) is 0 Å². The maximum atomic E-state index is 11.5. The lowest BCUT2D eigenvalue weighted by Crippen LogP contribution is -2.37. The number of hydrogen-bond acceptors (Lipinski definition) is 12. The van der Waals surface area contributed by atoms with E-state index in [9.17, 15) is 14.4 Å². The highest BCUT2D eigenvalue weighted by Gasteiger charge is 2.35. The molecule has 25 heavy (non-hydrogen) atoms. The molecule has 0 aliphatic rings. The van der Waals surface area contributed by atoms with Crippen LogP contribution in [0.3, 0.4) is 0 Å². The first-order valence-electron chi connectivity index (χ1n) is 7.10. The van der Waals surface area contributed by atoms with Crippen LogP contribution in [-0.2, 0) is 28.6 Å². The highest BCUT2D eigenvalue weighted by molar-refractivity contribution is 7.83. The molecule has 0 aliphatic heterocycles. The average Bonchev–Trinajstić information content (AvgIpc) is 2.47. The van der Waals surface area contributed by atoms with E-state index in [1.54, 1.807) is 0 Å². The van der Waals surface area contributed by atoms with Crippen LogP contribution in [0.1, 0.15) is 19.3 Å². The summed E-state index contributed by atoms with van der Waals surface area (Å²) in [6, 6.07) is 0. The summed E-state index contributed by atoms with van der Waals surface area (Å²) >= 11 is 12.9. The minimum Gasteiger partial charge on any atom is -0.439 e. The van der Waals surface area contributed by atoms with E-state index < -0.39 is 60.0 Å². The second-order valence-corrected chi connectivity index (χ2v) is 6.82. The van der Waals surface area contributed by atoms with E-state index in [1.807, 2.05) is 0 Å². The molecule has 146 valence electrons. The van der Waals surface area contributed by atoms with Crippen LogP contribution in [0.5, 0.6) is 0 Å². The number of ether oxygens (including phenoxy) is 3. The summed E-state index contributed by atoms with van der Waals surface area (Å²) in [6.45, 7) is -2.36. The van der Waals surface area contributed by atoms with Gasteiger partial charge in [-0.2, -0.15) is 37.9 Å². The number of rotatable bonds is 12. The summed E-state index contributed by atoms with van der Waals surface area (Å²) in [4.78, 5) is 34.6. The van der Waals surface area contributed by atoms with Crippen molar-refractivity contribution >= 4 is 55.8 Å². The molecule has 0 heterocycles. The Morgan fingerprint density at radius 2 is 0.880 bits per heavy atom. The summed E-state index contributed by atoms with van der Waals surface area (Å²) in [5.74, 6) is -2.85. The van der Waals surface area contributed by atoms with Gasteiger partial charge in [-0.25, -0.2) is 0 Å². The molecule has 9 nitrogen and oxygen atoms in total. The van der Waals surface area contributed by atoms with Gasteiger partial charge < -0.3 is 29.5 Å². The van der Waals surface area contributed by atoms with E-state index in [-0.39, 0.29) is 19.3 Å². The molecule has 0 spiro atoms. The molecule has 0 saturated carbocycles. The number of thiol groups is 3. The zero-order valence-corrected chi connectivity index (χ0v) is 15.9. The molecule has 0 aromatic rings. The van der Waals surface area contributed by atoms with E-state index in [0.29, 0.717) is 0 Å². The van der Waals surface area contributed by atoms with Crippen molar-refractivity contribution in [1.29, 1.82) is 0 Å². The first-order chi connectivity index (χ1) is 11.8. The summed E-state index contributed by atoms with van der Waals surface area (Å²) in [5, 5.41) is 23.6. The maximum Gasteiger partial charge on any atom is 0.309 e. The molecular formula is C13H22O9S3. The smallest absolute Gasteiger partial charge is 0.309 e. The van der Waals surface area contributed by atoms with Gasteiger partial charge in [0.2, 0.25) is 0 Å². The molecule has 0 aromatic carbocycles. The third-order valence-electron chi connectivity index (χ3n) is 3.14. The van der Waals surface area contributed by atoms with Crippen molar-refractivity contribution in [3.8, 4) is 0 Å². The van der Waals surface area contributed by atoms with Gasteiger partial charge in [0, 0.05) is 15.7 Å². The van der Waals surface area contributed by atoms with Crippen LogP contribution in [0.15, 0.2) is 0 Å². The minimum atomic E-state index is -0.787. The Balaban J connectivity index is 5.09. The quantitative estimate of drug-likeness (QED) is 0.103. The van der Waals surface area contributed by atoms with Crippen molar-refractivity contribution in [2.45, 2.75) is 35.0 Å². The minimum absolute atomic E-state index is 0.230. The fourth-order valence-corrected chi connectivity index (χ4v) is 4.18. The van der Waals surface area contributed by atoms with Crippen LogP contribution in [-0.4, -0.2) is 69.4 Å². The number of carbonyl (C=O) groups is 3. The highest BCUT2D eigenvalue weighted by Crippen LogP contribution is 2.32. The fraction of sp³-hybridized carbons (Fsp3) is 0.769. The van der Waals surface area contributed by atoms with Gasteiger partial charge in [0.25, 0.3) is 0 Å². The topological polar surface area (TPSA) is 140 Å². The SMILES string of the molecule is O=C(CC(S)C(C(S)CC(=O)OCO)C(S)CC(=O)OCO)OCO. The van der Waals surface area contributed by atoms with Crippen LogP contribution in [0.2, 0.25) is 0 Å². The molecule has 0 fully saturated rings. The van der Waals surface area contributed by atoms with Crippen molar-refractivity contribution in [3.05, 3.63) is 0 Å². The molecule has 0 aliphatic carbocycles. The Labute approximate surface area is 161 Å². The van der Waals surface area contributed by atoms with Crippen molar-refractivity contribution in [3.63, 3.8) is 0 Å². The monoisotopic (exact) mass is 418 g/mol. The van der Waals surface area contributed by atoms with E-state index in [2.05, 4.69) is 52.1 Å². The Morgan fingerprint density at radius 1 is 0.640 bits per heavy atom. The lowest BCUT2D eigenvalue weighted by molar-refractivity contribution is -0.152. The number of aliphatic hydroxyl groups is 3. The maximum absolute atomic E-state index is 11.5. The fourth-order valence-electron chi connectivity index (χ4n) is 2.08. The first-order valence-corrected chi connectivity index (χ1v) is 8.65. The summed E-state index contributed by atoms with van der Waals surface area (Å²) in [7, 11) is 0. The van der Waals surface area contributed by atoms with Crippen LogP contribution >= 0.6 is 37.9 Å². The van der Waals surface area contributed by atoms with E-state index in [0.717, 1.165) is 0 Å². The lowest BCUT2D eigenvalue weighted by atomic mass is 9.90. The third-order valence-corrected chi connectivity index (χ3v) is 4.72. The van der Waals surface area contributed by atoms with Gasteiger partial charge in [-0.15, -0.1) is 0 Å². The molecule has 0 aromatic heterocycles. The van der Waals surface area contributed by atoms with Gasteiger partial charge in [-0.3, -0.25) is 14.4 Å². The Kier molecular flexibility index (Phi) is 13.2. The van der Waals surface area contributed by atoms with Crippen molar-refractivity contribution < 1.29 is 43.9 Å². The van der Waals surface area contributed by atoms with Gasteiger partial charge in [0.1, 0.15) is 0 Å². The zero-order valence-electron chi connectivity index (χ0n) is 13.2. The molecule has 0 saturated heterocycles. The zero-order chi connectivity index (χ0) is 19.4. The number of esters is 3. The van der Waals surface area contributed by atoms with Crippen LogP contribution in [0, 0.1) is 5.92 Å². The van der Waals surface area contributed by atoms with Gasteiger partial charge in [-0.05, 0) is 5.92 Å². The normalized spacial score (nSPS) is 15.6. The molecule has 12 heteroatoms. The second kappa shape index (κ2) is 13.5. The number of carbonyl (C=O) groups excluding carboxylic acids is 3. The van der Waals surface area contributed by atoms with Crippen molar-refractivity contribution in [2.24, 2.45) is 5.92 Å². The molecule has 0 bridgehead atoms. The molecule has 3 unspecified atom stereocenters. The van der Waals surface area contributed by atoms with Crippen LogP contribution in [0.4, 0.5) is 0 Å². The van der Waals surface area contributed by atoms with Crippen LogP contribution < -0.4 is 0 Å². The average molecular weight is 419 g/mol. The summed E-state index contributed by atoms with van der Waals surface area (Å²) in [6.07, 6.45) is -0.689. The first kappa shape index (κ1) is 24.3. The van der Waals surface area contributed by atoms with Gasteiger partial charge in [0.05, 0.1) is 19.3 Å². The number of hydrogen-bond donors (Lipinski definition) is 6. The van der Waals surface area contributed by atoms with Crippen LogP contribution in [0.25, 0.3) is 0 Å². The van der Waals surface area contributed by atoms with E-state index in [4.69, 9.17) is 15.3 Å².